The van der Waals surface area contributed by atoms with E-state index in [2.05, 4.69) is 49.2 Å². The van der Waals surface area contributed by atoms with Gasteiger partial charge in [0, 0.05) is 25.0 Å². The first kappa shape index (κ1) is 18.6. The molecule has 1 saturated heterocycles. The van der Waals surface area contributed by atoms with Crippen LogP contribution in [-0.4, -0.2) is 35.5 Å². The Balaban J connectivity index is 1.75. The van der Waals surface area contributed by atoms with E-state index in [1.54, 1.807) is 0 Å². The first-order chi connectivity index (χ1) is 12.5. The molecule has 1 aliphatic rings. The lowest BCUT2D eigenvalue weighted by Crippen LogP contribution is -2.44. The van der Waals surface area contributed by atoms with Crippen molar-refractivity contribution in [1.29, 1.82) is 0 Å². The van der Waals surface area contributed by atoms with E-state index in [-0.39, 0.29) is 11.8 Å². The zero-order chi connectivity index (χ0) is 18.7. The molecule has 140 valence electrons. The van der Waals surface area contributed by atoms with E-state index in [4.69, 9.17) is 9.97 Å². The summed E-state index contributed by atoms with van der Waals surface area (Å²) in [5.41, 5.74) is 3.17. The van der Waals surface area contributed by atoms with Crippen molar-refractivity contribution in [3.8, 4) is 0 Å². The third-order valence-electron chi connectivity index (χ3n) is 5.43. The minimum absolute atomic E-state index is 0.0184. The van der Waals surface area contributed by atoms with Crippen molar-refractivity contribution in [2.75, 3.05) is 24.5 Å². The molecule has 2 aromatic rings. The van der Waals surface area contributed by atoms with Crippen molar-refractivity contribution in [3.63, 3.8) is 0 Å². The fraction of sp³-hybridized carbons (Fsp3) is 0.571. The minimum atomic E-state index is 0.0184. The lowest BCUT2D eigenvalue weighted by atomic mass is 9.97. The van der Waals surface area contributed by atoms with Gasteiger partial charge in [0.15, 0.2) is 0 Å². The van der Waals surface area contributed by atoms with Crippen LogP contribution in [-0.2, 0) is 4.79 Å². The monoisotopic (exact) mass is 354 g/mol. The summed E-state index contributed by atoms with van der Waals surface area (Å²) in [4.78, 5) is 24.2. The highest BCUT2D eigenvalue weighted by Gasteiger charge is 2.27. The van der Waals surface area contributed by atoms with Crippen molar-refractivity contribution in [3.05, 3.63) is 29.5 Å². The van der Waals surface area contributed by atoms with Crippen LogP contribution in [0.3, 0.4) is 0 Å². The fourth-order valence-electron chi connectivity index (χ4n) is 3.46. The van der Waals surface area contributed by atoms with Crippen LogP contribution in [0.4, 0.5) is 5.95 Å². The van der Waals surface area contributed by atoms with Crippen LogP contribution in [0, 0.1) is 25.7 Å². The van der Waals surface area contributed by atoms with Gasteiger partial charge in [0.05, 0.1) is 17.1 Å². The van der Waals surface area contributed by atoms with E-state index in [9.17, 15) is 4.79 Å². The zero-order valence-electron chi connectivity index (χ0n) is 16.4. The number of amides is 1. The average Bonchev–Trinajstić information content (AvgIpc) is 2.65. The number of hydrogen-bond donors (Lipinski definition) is 1. The second-order valence-electron chi connectivity index (χ2n) is 7.67. The maximum atomic E-state index is 12.5. The van der Waals surface area contributed by atoms with Gasteiger partial charge >= 0.3 is 0 Å². The molecule has 0 saturated carbocycles. The highest BCUT2D eigenvalue weighted by atomic mass is 16.1. The number of nitrogens with one attached hydrogen (secondary N) is 1. The van der Waals surface area contributed by atoms with E-state index in [0.717, 1.165) is 54.9 Å². The summed E-state index contributed by atoms with van der Waals surface area (Å²) in [5.74, 6) is 1.46. The van der Waals surface area contributed by atoms with Crippen molar-refractivity contribution >= 4 is 22.8 Å². The molecule has 1 amide bonds. The van der Waals surface area contributed by atoms with Gasteiger partial charge in [-0.15, -0.1) is 0 Å². The molecule has 5 heteroatoms. The van der Waals surface area contributed by atoms with Gasteiger partial charge in [-0.2, -0.15) is 0 Å². The molecule has 3 rings (SSSR count). The molecule has 1 N–H and O–H groups in total. The summed E-state index contributed by atoms with van der Waals surface area (Å²) in [7, 11) is 0. The van der Waals surface area contributed by atoms with Crippen LogP contribution in [0.5, 0.6) is 0 Å². The third kappa shape index (κ3) is 4.14. The van der Waals surface area contributed by atoms with Crippen molar-refractivity contribution < 1.29 is 4.79 Å². The number of benzene rings is 1. The molecule has 1 aromatic heterocycles. The molecule has 2 heterocycles. The van der Waals surface area contributed by atoms with Crippen LogP contribution in [0.2, 0.25) is 0 Å². The van der Waals surface area contributed by atoms with Crippen molar-refractivity contribution in [2.24, 2.45) is 11.8 Å². The molecular formula is C21H30N4O. The molecule has 0 radical (unpaired) electrons. The first-order valence-electron chi connectivity index (χ1n) is 9.75. The van der Waals surface area contributed by atoms with Crippen LogP contribution in [0.25, 0.3) is 10.9 Å². The van der Waals surface area contributed by atoms with E-state index in [1.807, 2.05) is 6.92 Å². The molecule has 2 unspecified atom stereocenters. The third-order valence-corrected chi connectivity index (χ3v) is 5.43. The summed E-state index contributed by atoms with van der Waals surface area (Å²) in [6.45, 7) is 10.8. The Morgan fingerprint density at radius 1 is 1.35 bits per heavy atom. The lowest BCUT2D eigenvalue weighted by molar-refractivity contribution is -0.125. The van der Waals surface area contributed by atoms with E-state index in [0.29, 0.717) is 12.5 Å². The number of carbonyl (C=O) groups excluding carboxylic acids is 1. The Labute approximate surface area is 156 Å². The summed E-state index contributed by atoms with van der Waals surface area (Å²) in [6.07, 6.45) is 3.02. The van der Waals surface area contributed by atoms with Gasteiger partial charge in [-0.25, -0.2) is 9.97 Å². The topological polar surface area (TPSA) is 58.1 Å². The summed E-state index contributed by atoms with van der Waals surface area (Å²) < 4.78 is 0. The molecule has 1 aromatic carbocycles. The van der Waals surface area contributed by atoms with Gasteiger partial charge in [0.2, 0.25) is 11.9 Å². The minimum Gasteiger partial charge on any atom is -0.356 e. The Kier molecular flexibility index (Phi) is 5.74. The fourth-order valence-corrected chi connectivity index (χ4v) is 3.46. The molecule has 0 spiro atoms. The molecule has 0 bridgehead atoms. The molecule has 26 heavy (non-hydrogen) atoms. The standard InChI is InChI=1S/C21H30N4O/c1-5-14(2)12-22-20(26)17-7-6-10-25(13-17)21-23-16(4)18-9-8-15(3)11-19(18)24-21/h8-9,11,14,17H,5-7,10,12-13H2,1-4H3,(H,22,26). The van der Waals surface area contributed by atoms with Gasteiger partial charge in [-0.3, -0.25) is 4.79 Å². The number of piperidine rings is 1. The number of carbonyl (C=O) groups is 1. The maximum Gasteiger partial charge on any atom is 0.226 e. The number of rotatable bonds is 5. The molecule has 2 atom stereocenters. The Morgan fingerprint density at radius 2 is 2.15 bits per heavy atom. The number of anilines is 1. The Hall–Kier alpha value is -2.17. The highest BCUT2D eigenvalue weighted by Crippen LogP contribution is 2.24. The number of aryl methyl sites for hydroxylation is 2. The first-order valence-corrected chi connectivity index (χ1v) is 9.75. The number of hydrogen-bond acceptors (Lipinski definition) is 4. The molecule has 1 aliphatic heterocycles. The Morgan fingerprint density at radius 3 is 2.92 bits per heavy atom. The predicted molar refractivity (Wildman–Crippen MR) is 106 cm³/mol. The number of aromatic nitrogens is 2. The quantitative estimate of drug-likeness (QED) is 0.891. The van der Waals surface area contributed by atoms with Crippen molar-refractivity contribution in [2.45, 2.75) is 47.0 Å². The molecular weight excluding hydrogens is 324 g/mol. The normalized spacial score (nSPS) is 18.8. The maximum absolute atomic E-state index is 12.5. The molecule has 5 nitrogen and oxygen atoms in total. The summed E-state index contributed by atoms with van der Waals surface area (Å²) in [6, 6.07) is 6.29. The van der Waals surface area contributed by atoms with Crippen LogP contribution < -0.4 is 10.2 Å². The van der Waals surface area contributed by atoms with Crippen LogP contribution in [0.15, 0.2) is 18.2 Å². The van der Waals surface area contributed by atoms with Gasteiger partial charge in [0.1, 0.15) is 0 Å². The van der Waals surface area contributed by atoms with Gasteiger partial charge in [-0.1, -0.05) is 32.4 Å². The largest absolute Gasteiger partial charge is 0.356 e. The molecule has 1 fully saturated rings. The second-order valence-corrected chi connectivity index (χ2v) is 7.67. The summed E-state index contributed by atoms with van der Waals surface area (Å²) in [5, 5.41) is 4.21. The number of fused-ring (bicyclic) bond motifs is 1. The van der Waals surface area contributed by atoms with E-state index >= 15 is 0 Å². The van der Waals surface area contributed by atoms with Gasteiger partial charge in [-0.05, 0) is 44.2 Å². The van der Waals surface area contributed by atoms with Gasteiger partial charge < -0.3 is 10.2 Å². The van der Waals surface area contributed by atoms with Crippen LogP contribution in [0.1, 0.15) is 44.4 Å². The Bertz CT molecular complexity index is 789. The van der Waals surface area contributed by atoms with Gasteiger partial charge in [0.25, 0.3) is 0 Å². The number of nitrogens with zero attached hydrogens (tertiary/aromatic N) is 3. The average molecular weight is 354 g/mol. The zero-order valence-corrected chi connectivity index (χ0v) is 16.4. The van der Waals surface area contributed by atoms with E-state index < -0.39 is 0 Å². The smallest absolute Gasteiger partial charge is 0.226 e. The van der Waals surface area contributed by atoms with Crippen molar-refractivity contribution in [1.82, 2.24) is 15.3 Å². The second kappa shape index (κ2) is 8.02. The highest BCUT2D eigenvalue weighted by molar-refractivity contribution is 5.83. The van der Waals surface area contributed by atoms with Crippen LogP contribution >= 0.6 is 0 Å². The SMILES string of the molecule is CCC(C)CNC(=O)C1CCCN(c2nc(C)c3ccc(C)cc3n2)C1. The molecule has 0 aliphatic carbocycles. The predicted octanol–water partition coefficient (Wildman–Crippen LogP) is 3.63. The van der Waals surface area contributed by atoms with E-state index in [1.165, 1.54) is 5.56 Å². The lowest BCUT2D eigenvalue weighted by Gasteiger charge is -2.32. The summed E-state index contributed by atoms with van der Waals surface area (Å²) >= 11 is 0.